The Hall–Kier alpha value is -1.90. The van der Waals surface area contributed by atoms with Crippen LogP contribution >= 0.6 is 0 Å². The van der Waals surface area contributed by atoms with Gasteiger partial charge in [-0.2, -0.15) is 0 Å². The fourth-order valence-corrected chi connectivity index (χ4v) is 3.60. The van der Waals surface area contributed by atoms with Crippen molar-refractivity contribution in [1.29, 1.82) is 0 Å². The maximum absolute atomic E-state index is 11.9. The third kappa shape index (κ3) is 2.65. The molecule has 0 unspecified atom stereocenters. The van der Waals surface area contributed by atoms with Crippen molar-refractivity contribution >= 4 is 16.9 Å². The van der Waals surface area contributed by atoms with E-state index in [4.69, 9.17) is 0 Å². The first-order valence-corrected chi connectivity index (χ1v) is 7.69. The topological polar surface area (TPSA) is 50.2 Å². The molecule has 0 radical (unpaired) electrons. The Balaban J connectivity index is 2.05. The Labute approximate surface area is 125 Å². The molecular formula is C18H21NO2. The van der Waals surface area contributed by atoms with Crippen molar-refractivity contribution in [2.45, 2.75) is 45.4 Å². The van der Waals surface area contributed by atoms with Gasteiger partial charge in [-0.1, -0.05) is 37.5 Å². The zero-order valence-corrected chi connectivity index (χ0v) is 12.4. The summed E-state index contributed by atoms with van der Waals surface area (Å²) in [4.78, 5) is 16.4. The lowest BCUT2D eigenvalue weighted by molar-refractivity contribution is -0.151. The average molecular weight is 283 g/mol. The fraction of sp³-hybridized carbons (Fsp3) is 0.444. The van der Waals surface area contributed by atoms with Crippen molar-refractivity contribution in [3.05, 3.63) is 41.6 Å². The number of carboxylic acid groups (broad SMARTS) is 1. The van der Waals surface area contributed by atoms with Crippen molar-refractivity contribution in [3.8, 4) is 0 Å². The van der Waals surface area contributed by atoms with Gasteiger partial charge in [-0.15, -0.1) is 0 Å². The van der Waals surface area contributed by atoms with Crippen molar-refractivity contribution in [2.24, 2.45) is 5.41 Å². The van der Waals surface area contributed by atoms with Gasteiger partial charge in [0.05, 0.1) is 10.9 Å². The molecule has 1 aliphatic rings. The molecule has 110 valence electrons. The number of carbonyl (C=O) groups is 1. The molecule has 0 bridgehead atoms. The third-order valence-corrected chi connectivity index (χ3v) is 4.72. The van der Waals surface area contributed by atoms with E-state index < -0.39 is 11.4 Å². The number of carboxylic acids is 1. The number of aryl methyl sites for hydroxylation is 1. The molecule has 2 aromatic rings. The molecule has 1 N–H and O–H groups in total. The Morgan fingerprint density at radius 3 is 2.67 bits per heavy atom. The number of benzene rings is 1. The minimum Gasteiger partial charge on any atom is -0.481 e. The number of para-hydroxylation sites is 1. The number of hydrogen-bond donors (Lipinski definition) is 1. The number of hydrogen-bond acceptors (Lipinski definition) is 2. The van der Waals surface area contributed by atoms with E-state index >= 15 is 0 Å². The maximum atomic E-state index is 11.9. The molecule has 0 saturated heterocycles. The van der Waals surface area contributed by atoms with Crippen LogP contribution in [-0.2, 0) is 11.2 Å². The van der Waals surface area contributed by atoms with Crippen LogP contribution in [0.15, 0.2) is 30.3 Å². The number of pyridine rings is 1. The molecule has 21 heavy (non-hydrogen) atoms. The van der Waals surface area contributed by atoms with Crippen LogP contribution in [0.3, 0.4) is 0 Å². The predicted octanol–water partition coefficient (Wildman–Crippen LogP) is 4.12. The lowest BCUT2D eigenvalue weighted by atomic mass is 9.70. The van der Waals surface area contributed by atoms with Crippen LogP contribution in [0.5, 0.6) is 0 Å². The second-order valence-electron chi connectivity index (χ2n) is 6.26. The minimum atomic E-state index is -0.638. The highest BCUT2D eigenvalue weighted by atomic mass is 16.4. The van der Waals surface area contributed by atoms with E-state index in [0.29, 0.717) is 6.42 Å². The first-order valence-electron chi connectivity index (χ1n) is 7.69. The Kier molecular flexibility index (Phi) is 3.66. The smallest absolute Gasteiger partial charge is 0.309 e. The van der Waals surface area contributed by atoms with E-state index in [1.807, 2.05) is 25.1 Å². The summed E-state index contributed by atoms with van der Waals surface area (Å²) in [5.74, 6) is -0.638. The minimum absolute atomic E-state index is 0.588. The first-order chi connectivity index (χ1) is 10.1. The van der Waals surface area contributed by atoms with E-state index in [1.54, 1.807) is 0 Å². The van der Waals surface area contributed by atoms with Crippen molar-refractivity contribution in [2.75, 3.05) is 0 Å². The fourth-order valence-electron chi connectivity index (χ4n) is 3.60. The molecule has 3 nitrogen and oxygen atoms in total. The zero-order chi connectivity index (χ0) is 14.9. The maximum Gasteiger partial charge on any atom is 0.309 e. The van der Waals surface area contributed by atoms with Gasteiger partial charge in [0, 0.05) is 11.1 Å². The first kappa shape index (κ1) is 14.1. The van der Waals surface area contributed by atoms with Gasteiger partial charge >= 0.3 is 5.97 Å². The van der Waals surface area contributed by atoms with Gasteiger partial charge in [0.1, 0.15) is 0 Å². The summed E-state index contributed by atoms with van der Waals surface area (Å²) in [5.41, 5.74) is 2.46. The molecule has 1 heterocycles. The Morgan fingerprint density at radius 1 is 1.24 bits per heavy atom. The molecule has 0 spiro atoms. The molecule has 3 rings (SSSR count). The third-order valence-electron chi connectivity index (χ3n) is 4.72. The van der Waals surface area contributed by atoms with Crippen LogP contribution in [0.4, 0.5) is 0 Å². The van der Waals surface area contributed by atoms with Gasteiger partial charge in [0.2, 0.25) is 0 Å². The van der Waals surface area contributed by atoms with Crippen LogP contribution in [-0.4, -0.2) is 16.1 Å². The van der Waals surface area contributed by atoms with Crippen molar-refractivity contribution in [1.82, 2.24) is 4.98 Å². The summed E-state index contributed by atoms with van der Waals surface area (Å²) >= 11 is 0. The van der Waals surface area contributed by atoms with Crippen LogP contribution in [0.2, 0.25) is 0 Å². The molecule has 0 aliphatic heterocycles. The van der Waals surface area contributed by atoms with E-state index in [1.165, 1.54) is 0 Å². The highest BCUT2D eigenvalue weighted by molar-refractivity contribution is 5.84. The number of nitrogens with zero attached hydrogens (tertiary/aromatic N) is 1. The summed E-state index contributed by atoms with van der Waals surface area (Å²) in [7, 11) is 0. The van der Waals surface area contributed by atoms with E-state index in [-0.39, 0.29) is 0 Å². The zero-order valence-electron chi connectivity index (χ0n) is 12.4. The molecule has 1 aliphatic carbocycles. The molecule has 0 atom stereocenters. The van der Waals surface area contributed by atoms with Gasteiger partial charge in [-0.3, -0.25) is 9.78 Å². The van der Waals surface area contributed by atoms with Crippen LogP contribution in [0.1, 0.15) is 43.4 Å². The molecule has 1 aromatic heterocycles. The lowest BCUT2D eigenvalue weighted by Crippen LogP contribution is -2.35. The monoisotopic (exact) mass is 283 g/mol. The number of aromatic nitrogens is 1. The van der Waals surface area contributed by atoms with Gasteiger partial charge in [-0.05, 0) is 43.9 Å². The summed E-state index contributed by atoms with van der Waals surface area (Å²) in [5, 5.41) is 10.9. The summed E-state index contributed by atoms with van der Waals surface area (Å²) in [6.45, 7) is 1.98. The van der Waals surface area contributed by atoms with Gasteiger partial charge in [0.25, 0.3) is 0 Å². The van der Waals surface area contributed by atoms with E-state index in [9.17, 15) is 9.90 Å². The summed E-state index contributed by atoms with van der Waals surface area (Å²) < 4.78 is 0. The average Bonchev–Trinajstić information content (AvgIpc) is 2.48. The van der Waals surface area contributed by atoms with Crippen LogP contribution in [0.25, 0.3) is 10.9 Å². The van der Waals surface area contributed by atoms with Crippen LogP contribution in [0, 0.1) is 12.3 Å². The van der Waals surface area contributed by atoms with Gasteiger partial charge < -0.3 is 5.11 Å². The van der Waals surface area contributed by atoms with Crippen LogP contribution < -0.4 is 0 Å². The Morgan fingerprint density at radius 2 is 1.95 bits per heavy atom. The van der Waals surface area contributed by atoms with Crippen molar-refractivity contribution in [3.63, 3.8) is 0 Å². The SMILES string of the molecule is Cc1cc(CC2(C(=O)O)CCCCC2)c2ccccc2n1. The van der Waals surface area contributed by atoms with E-state index in [0.717, 1.165) is 54.3 Å². The second kappa shape index (κ2) is 5.47. The standard InChI is InChI=1S/C18H21NO2/c1-13-11-14(15-7-3-4-8-16(15)19-13)12-18(17(20)21)9-5-2-6-10-18/h3-4,7-8,11H,2,5-6,9-10,12H2,1H3,(H,20,21). The number of rotatable bonds is 3. The Bertz CT molecular complexity index is 672. The number of fused-ring (bicyclic) bond motifs is 1. The van der Waals surface area contributed by atoms with Gasteiger partial charge in [-0.25, -0.2) is 0 Å². The van der Waals surface area contributed by atoms with Crippen molar-refractivity contribution < 1.29 is 9.90 Å². The quantitative estimate of drug-likeness (QED) is 0.921. The lowest BCUT2D eigenvalue weighted by Gasteiger charge is -2.33. The summed E-state index contributed by atoms with van der Waals surface area (Å²) in [6, 6.07) is 10.1. The molecule has 1 fully saturated rings. The largest absolute Gasteiger partial charge is 0.481 e. The number of aliphatic carboxylic acids is 1. The molecular weight excluding hydrogens is 262 g/mol. The molecule has 1 aromatic carbocycles. The highest BCUT2D eigenvalue weighted by Crippen LogP contribution is 2.40. The molecule has 0 amide bonds. The molecule has 3 heteroatoms. The van der Waals surface area contributed by atoms with E-state index in [2.05, 4.69) is 17.1 Å². The second-order valence-corrected chi connectivity index (χ2v) is 6.26. The normalized spacial score (nSPS) is 17.8. The predicted molar refractivity (Wildman–Crippen MR) is 83.3 cm³/mol. The summed E-state index contributed by atoms with van der Waals surface area (Å²) in [6.07, 6.45) is 5.40. The van der Waals surface area contributed by atoms with Gasteiger partial charge in [0.15, 0.2) is 0 Å². The molecule has 1 saturated carbocycles. The highest BCUT2D eigenvalue weighted by Gasteiger charge is 2.39.